The molecule has 3 N–H and O–H groups in total. The molecule has 0 saturated carbocycles. The lowest BCUT2D eigenvalue weighted by atomic mass is 10.2. The smallest absolute Gasteiger partial charge is 0.335 e. The highest BCUT2D eigenvalue weighted by atomic mass is 32.2. The van der Waals surface area contributed by atoms with Crippen LogP contribution in [0.1, 0.15) is 17.3 Å². The Bertz CT molecular complexity index is 874. The molecule has 1 amide bonds. The van der Waals surface area contributed by atoms with Crippen LogP contribution in [0.5, 0.6) is 0 Å². The Morgan fingerprint density at radius 2 is 2.00 bits per heavy atom. The predicted molar refractivity (Wildman–Crippen MR) is 93.4 cm³/mol. The maximum absolute atomic E-state index is 12.3. The van der Waals surface area contributed by atoms with E-state index in [0.717, 1.165) is 11.0 Å². The lowest BCUT2D eigenvalue weighted by molar-refractivity contribution is -0.115. The number of nitrogens with zero attached hydrogens (tertiary/aromatic N) is 1. The molecule has 1 heterocycles. The number of nitrogens with one attached hydrogen (secondary N) is 2. The number of carboxylic acids is 1. The highest BCUT2D eigenvalue weighted by molar-refractivity contribution is 8.00. The number of carbonyl (C=O) groups excluding carboxylic acids is 1. The standard InChI is InChI=1S/C17H15N3O3S/c1-10(24-17-19-13-7-2-3-8-14(13)20-17)15(21)18-12-6-4-5-11(9-12)16(22)23/h2-10H,1H3,(H,18,21)(H,19,20)(H,22,23). The number of carboxylic acid groups (broad SMARTS) is 1. The molecule has 0 saturated heterocycles. The number of anilines is 1. The van der Waals surface area contributed by atoms with Crippen molar-refractivity contribution in [2.24, 2.45) is 0 Å². The third-order valence-electron chi connectivity index (χ3n) is 3.40. The van der Waals surface area contributed by atoms with Crippen molar-refractivity contribution >= 4 is 40.4 Å². The first kappa shape index (κ1) is 16.1. The van der Waals surface area contributed by atoms with Gasteiger partial charge in [-0.05, 0) is 37.3 Å². The van der Waals surface area contributed by atoms with Gasteiger partial charge in [-0.1, -0.05) is 30.0 Å². The minimum Gasteiger partial charge on any atom is -0.478 e. The largest absolute Gasteiger partial charge is 0.478 e. The quantitative estimate of drug-likeness (QED) is 0.618. The van der Waals surface area contributed by atoms with E-state index >= 15 is 0 Å². The Balaban J connectivity index is 1.68. The van der Waals surface area contributed by atoms with E-state index < -0.39 is 5.97 Å². The Morgan fingerprint density at radius 1 is 1.21 bits per heavy atom. The fourth-order valence-electron chi connectivity index (χ4n) is 2.18. The van der Waals surface area contributed by atoms with Gasteiger partial charge >= 0.3 is 5.97 Å². The molecule has 1 unspecified atom stereocenters. The number of aromatic amines is 1. The van der Waals surface area contributed by atoms with Gasteiger partial charge in [0.15, 0.2) is 5.16 Å². The first-order chi connectivity index (χ1) is 11.5. The summed E-state index contributed by atoms with van der Waals surface area (Å²) in [6.45, 7) is 1.77. The Hall–Kier alpha value is -2.80. The zero-order valence-electron chi connectivity index (χ0n) is 12.8. The summed E-state index contributed by atoms with van der Waals surface area (Å²) < 4.78 is 0. The Morgan fingerprint density at radius 3 is 2.75 bits per heavy atom. The van der Waals surface area contributed by atoms with Crippen LogP contribution < -0.4 is 5.32 Å². The third kappa shape index (κ3) is 3.57. The molecule has 1 atom stereocenters. The number of benzene rings is 2. The number of rotatable bonds is 5. The van der Waals surface area contributed by atoms with Gasteiger partial charge in [0, 0.05) is 5.69 Å². The highest BCUT2D eigenvalue weighted by Gasteiger charge is 2.17. The van der Waals surface area contributed by atoms with E-state index in [1.54, 1.807) is 19.1 Å². The van der Waals surface area contributed by atoms with Gasteiger partial charge in [-0.25, -0.2) is 9.78 Å². The van der Waals surface area contributed by atoms with E-state index in [0.29, 0.717) is 10.8 Å². The molecule has 3 aromatic rings. The second kappa shape index (κ2) is 6.76. The molecule has 0 bridgehead atoms. The van der Waals surface area contributed by atoms with E-state index in [1.807, 2.05) is 24.3 Å². The average molecular weight is 341 g/mol. The first-order valence-electron chi connectivity index (χ1n) is 7.28. The molecular formula is C17H15N3O3S. The molecule has 24 heavy (non-hydrogen) atoms. The van der Waals surface area contributed by atoms with Gasteiger partial charge in [-0.3, -0.25) is 4.79 Å². The van der Waals surface area contributed by atoms with Crippen LogP contribution in [0, 0.1) is 0 Å². The molecule has 122 valence electrons. The Kier molecular flexibility index (Phi) is 4.52. The van der Waals surface area contributed by atoms with Crippen LogP contribution >= 0.6 is 11.8 Å². The van der Waals surface area contributed by atoms with E-state index in [9.17, 15) is 9.59 Å². The summed E-state index contributed by atoms with van der Waals surface area (Å²) in [6.07, 6.45) is 0. The molecule has 0 aliphatic rings. The van der Waals surface area contributed by atoms with Crippen LogP contribution in [-0.4, -0.2) is 32.2 Å². The van der Waals surface area contributed by atoms with Crippen LogP contribution in [0.15, 0.2) is 53.7 Å². The minimum absolute atomic E-state index is 0.130. The number of para-hydroxylation sites is 2. The summed E-state index contributed by atoms with van der Waals surface area (Å²) in [4.78, 5) is 30.9. The van der Waals surface area contributed by atoms with Gasteiger partial charge in [0.2, 0.25) is 5.91 Å². The summed E-state index contributed by atoms with van der Waals surface area (Å²) in [6, 6.07) is 13.8. The average Bonchev–Trinajstić information content (AvgIpc) is 2.97. The summed E-state index contributed by atoms with van der Waals surface area (Å²) in [7, 11) is 0. The molecule has 1 aromatic heterocycles. The molecule has 3 rings (SSSR count). The van der Waals surface area contributed by atoms with E-state index in [1.165, 1.54) is 23.9 Å². The fraction of sp³-hybridized carbons (Fsp3) is 0.118. The number of thioether (sulfide) groups is 1. The zero-order chi connectivity index (χ0) is 17.1. The van der Waals surface area contributed by atoms with Crippen molar-refractivity contribution in [1.29, 1.82) is 0 Å². The van der Waals surface area contributed by atoms with Gasteiger partial charge < -0.3 is 15.4 Å². The van der Waals surface area contributed by atoms with Gasteiger partial charge in [0.1, 0.15) is 0 Å². The number of hydrogen-bond donors (Lipinski definition) is 3. The number of H-pyrrole nitrogens is 1. The number of amides is 1. The SMILES string of the molecule is CC(Sc1nc2ccccc2[nH]1)C(=O)Nc1cccc(C(=O)O)c1. The summed E-state index contributed by atoms with van der Waals surface area (Å²) >= 11 is 1.31. The highest BCUT2D eigenvalue weighted by Crippen LogP contribution is 2.24. The molecule has 0 aliphatic heterocycles. The number of fused-ring (bicyclic) bond motifs is 1. The zero-order valence-corrected chi connectivity index (χ0v) is 13.6. The monoisotopic (exact) mass is 341 g/mol. The number of aromatic carboxylic acids is 1. The maximum Gasteiger partial charge on any atom is 0.335 e. The number of carbonyl (C=O) groups is 2. The lowest BCUT2D eigenvalue weighted by Crippen LogP contribution is -2.22. The van der Waals surface area contributed by atoms with Crippen molar-refractivity contribution in [1.82, 2.24) is 9.97 Å². The number of imidazole rings is 1. The number of hydrogen-bond acceptors (Lipinski definition) is 4. The normalized spacial score (nSPS) is 12.0. The van der Waals surface area contributed by atoms with Crippen LogP contribution in [0.3, 0.4) is 0 Å². The molecule has 7 heteroatoms. The van der Waals surface area contributed by atoms with Crippen LogP contribution in [0.2, 0.25) is 0 Å². The Labute approximate surface area is 142 Å². The van der Waals surface area contributed by atoms with Crippen molar-refractivity contribution in [3.63, 3.8) is 0 Å². The fourth-order valence-corrected chi connectivity index (χ4v) is 3.00. The minimum atomic E-state index is -1.03. The maximum atomic E-state index is 12.3. The van der Waals surface area contributed by atoms with Crippen LogP contribution in [-0.2, 0) is 4.79 Å². The second-order valence-corrected chi connectivity index (χ2v) is 6.52. The van der Waals surface area contributed by atoms with Crippen molar-refractivity contribution < 1.29 is 14.7 Å². The van der Waals surface area contributed by atoms with Crippen LogP contribution in [0.25, 0.3) is 11.0 Å². The van der Waals surface area contributed by atoms with Crippen molar-refractivity contribution in [3.8, 4) is 0 Å². The van der Waals surface area contributed by atoms with Gasteiger partial charge in [0.05, 0.1) is 21.8 Å². The van der Waals surface area contributed by atoms with Gasteiger partial charge in [-0.15, -0.1) is 0 Å². The molecule has 0 aliphatic carbocycles. The summed E-state index contributed by atoms with van der Waals surface area (Å²) in [5, 5.41) is 12.0. The third-order valence-corrected chi connectivity index (χ3v) is 4.39. The second-order valence-electron chi connectivity index (χ2n) is 5.19. The summed E-state index contributed by atoms with van der Waals surface area (Å²) in [5.41, 5.74) is 2.35. The van der Waals surface area contributed by atoms with E-state index in [4.69, 9.17) is 5.11 Å². The van der Waals surface area contributed by atoms with Gasteiger partial charge in [-0.2, -0.15) is 0 Å². The topological polar surface area (TPSA) is 95.1 Å². The molecule has 0 fully saturated rings. The van der Waals surface area contributed by atoms with Crippen molar-refractivity contribution in [2.75, 3.05) is 5.32 Å². The van der Waals surface area contributed by atoms with Gasteiger partial charge in [0.25, 0.3) is 0 Å². The number of aromatic nitrogens is 2. The van der Waals surface area contributed by atoms with E-state index in [-0.39, 0.29) is 16.7 Å². The summed E-state index contributed by atoms with van der Waals surface area (Å²) in [5.74, 6) is -1.25. The lowest BCUT2D eigenvalue weighted by Gasteiger charge is -2.11. The molecular weight excluding hydrogens is 326 g/mol. The van der Waals surface area contributed by atoms with Crippen molar-refractivity contribution in [3.05, 3.63) is 54.1 Å². The first-order valence-corrected chi connectivity index (χ1v) is 8.16. The predicted octanol–water partition coefficient (Wildman–Crippen LogP) is 3.38. The van der Waals surface area contributed by atoms with Crippen molar-refractivity contribution in [2.45, 2.75) is 17.3 Å². The van der Waals surface area contributed by atoms with E-state index in [2.05, 4.69) is 15.3 Å². The molecule has 0 spiro atoms. The van der Waals surface area contributed by atoms with Crippen LogP contribution in [0.4, 0.5) is 5.69 Å². The molecule has 0 radical (unpaired) electrons. The molecule has 2 aromatic carbocycles. The molecule has 6 nitrogen and oxygen atoms in total.